The lowest BCUT2D eigenvalue weighted by molar-refractivity contribution is 0.0916. The van der Waals surface area contributed by atoms with E-state index in [1.807, 2.05) is 0 Å². The van der Waals surface area contributed by atoms with Gasteiger partial charge in [-0.2, -0.15) is 0 Å². The fourth-order valence-corrected chi connectivity index (χ4v) is 3.59. The summed E-state index contributed by atoms with van der Waals surface area (Å²) >= 11 is 0. The van der Waals surface area contributed by atoms with Gasteiger partial charge in [0.15, 0.2) is 5.78 Å². The Bertz CT molecular complexity index is 726. The van der Waals surface area contributed by atoms with Gasteiger partial charge >= 0.3 is 0 Å². The molecular weight excluding hydrogens is 332 g/mol. The van der Waals surface area contributed by atoms with Crippen molar-refractivity contribution < 1.29 is 14.3 Å². The van der Waals surface area contributed by atoms with Gasteiger partial charge in [-0.25, -0.2) is 0 Å². The van der Waals surface area contributed by atoms with Crippen LogP contribution in [0.2, 0.25) is 0 Å². The number of ether oxygens (including phenoxy) is 1. The van der Waals surface area contributed by atoms with E-state index < -0.39 is 5.91 Å². The van der Waals surface area contributed by atoms with Crippen molar-refractivity contribution in [1.82, 2.24) is 5.32 Å². The molecule has 7 nitrogen and oxygen atoms in total. The van der Waals surface area contributed by atoms with Crippen molar-refractivity contribution in [2.75, 3.05) is 20.2 Å². The normalized spacial score (nSPS) is 16.7. The molecule has 2 atom stereocenters. The van der Waals surface area contributed by atoms with Gasteiger partial charge < -0.3 is 10.1 Å². The number of nitrogens with one attached hydrogen (secondary N) is 1. The van der Waals surface area contributed by atoms with Crippen LogP contribution in [0.1, 0.15) is 59.4 Å². The van der Waals surface area contributed by atoms with Crippen LogP contribution < -0.4 is 10.1 Å². The summed E-state index contributed by atoms with van der Waals surface area (Å²) in [5.41, 5.74) is 10.1. The number of benzene rings is 1. The van der Waals surface area contributed by atoms with Gasteiger partial charge in [0.05, 0.1) is 12.7 Å². The minimum atomic E-state index is -0.736. The highest BCUT2D eigenvalue weighted by molar-refractivity contribution is 6.06. The first kappa shape index (κ1) is 19.9. The van der Waals surface area contributed by atoms with E-state index in [2.05, 4.69) is 29.2 Å². The molecule has 0 fully saturated rings. The zero-order chi connectivity index (χ0) is 19.1. The largest absolute Gasteiger partial charge is 0.496 e. The number of amides is 1. The summed E-state index contributed by atoms with van der Waals surface area (Å²) < 4.78 is 5.25. The Morgan fingerprint density at radius 3 is 2.85 bits per heavy atom. The van der Waals surface area contributed by atoms with E-state index in [0.29, 0.717) is 23.7 Å². The van der Waals surface area contributed by atoms with E-state index in [9.17, 15) is 9.59 Å². The second kappa shape index (κ2) is 9.36. The van der Waals surface area contributed by atoms with Crippen LogP contribution in [0.3, 0.4) is 0 Å². The molecule has 0 radical (unpaired) electrons. The number of methoxy groups -OCH3 is 1. The maximum absolute atomic E-state index is 12.8. The van der Waals surface area contributed by atoms with Gasteiger partial charge in [0.1, 0.15) is 5.75 Å². The quantitative estimate of drug-likeness (QED) is 0.313. The number of azide groups is 1. The van der Waals surface area contributed by atoms with Gasteiger partial charge in [-0.3, -0.25) is 9.59 Å². The second-order valence-corrected chi connectivity index (χ2v) is 6.62. The number of fused-ring (bicyclic) bond motifs is 1. The average molecular weight is 358 g/mol. The first-order valence-corrected chi connectivity index (χ1v) is 9.10. The minimum absolute atomic E-state index is 0.0638. The molecule has 0 aromatic heterocycles. The van der Waals surface area contributed by atoms with E-state index >= 15 is 0 Å². The van der Waals surface area contributed by atoms with Crippen LogP contribution >= 0.6 is 0 Å². The second-order valence-electron chi connectivity index (χ2n) is 6.62. The summed E-state index contributed by atoms with van der Waals surface area (Å²) in [5.74, 6) is 0.100. The first-order chi connectivity index (χ1) is 12.5. The molecule has 1 aliphatic carbocycles. The van der Waals surface area contributed by atoms with Crippen LogP contribution in [0, 0.1) is 11.8 Å². The molecule has 26 heavy (non-hydrogen) atoms. The molecule has 0 bridgehead atoms. The number of carbonyl (C=O) groups is 2. The van der Waals surface area contributed by atoms with Crippen LogP contribution in [-0.2, 0) is 6.42 Å². The SMILES string of the molecule is CCNCCC(CC)CC1Cc2cc(OC)c(C(=O)N=[N+]=[N-])cc2C1=O. The standard InChI is InChI=1S/C19H26N4O3/c1-4-12(6-7-21-5-2)8-14-9-13-10-17(26-3)16(19(25)22-23-20)11-15(13)18(14)24/h10-12,14,21H,4-9H2,1-3H3. The van der Waals surface area contributed by atoms with Crippen LogP contribution in [0.5, 0.6) is 5.75 Å². The monoisotopic (exact) mass is 358 g/mol. The summed E-state index contributed by atoms with van der Waals surface area (Å²) in [6, 6.07) is 3.25. The van der Waals surface area contributed by atoms with Crippen LogP contribution in [0.15, 0.2) is 17.2 Å². The Hall–Kier alpha value is -2.37. The van der Waals surface area contributed by atoms with E-state index in [4.69, 9.17) is 10.3 Å². The number of rotatable bonds is 9. The third-order valence-corrected chi connectivity index (χ3v) is 5.07. The lowest BCUT2D eigenvalue weighted by atomic mass is 9.88. The maximum atomic E-state index is 12.8. The Morgan fingerprint density at radius 2 is 2.23 bits per heavy atom. The maximum Gasteiger partial charge on any atom is 0.252 e. The summed E-state index contributed by atoms with van der Waals surface area (Å²) in [6.07, 6.45) is 3.60. The van der Waals surface area contributed by atoms with E-state index in [1.165, 1.54) is 13.2 Å². The van der Waals surface area contributed by atoms with Crippen molar-refractivity contribution in [3.63, 3.8) is 0 Å². The van der Waals surface area contributed by atoms with Gasteiger partial charge in [0, 0.05) is 16.4 Å². The topological polar surface area (TPSA) is 104 Å². The molecule has 1 aliphatic rings. The molecule has 2 rings (SSSR count). The number of ketones is 1. The molecule has 1 aromatic rings. The first-order valence-electron chi connectivity index (χ1n) is 9.10. The lowest BCUT2D eigenvalue weighted by Gasteiger charge is -2.18. The molecule has 0 spiro atoms. The number of hydrogen-bond donors (Lipinski definition) is 1. The van der Waals surface area contributed by atoms with Gasteiger partial charge in [-0.1, -0.05) is 20.3 Å². The van der Waals surface area contributed by atoms with Crippen LogP contribution in [0.4, 0.5) is 0 Å². The van der Waals surface area contributed by atoms with Crippen molar-refractivity contribution in [2.24, 2.45) is 17.0 Å². The molecule has 7 heteroatoms. The predicted octanol–water partition coefficient (Wildman–Crippen LogP) is 3.92. The Labute approximate surface area is 153 Å². The molecule has 1 N–H and O–H groups in total. The Morgan fingerprint density at radius 1 is 1.46 bits per heavy atom. The number of Topliss-reactive ketones (excluding diaryl/α,β-unsaturated/α-hetero) is 1. The molecule has 2 unspecified atom stereocenters. The molecule has 0 saturated carbocycles. The molecule has 0 aliphatic heterocycles. The van der Waals surface area contributed by atoms with Gasteiger partial charge in [-0.15, -0.1) is 0 Å². The van der Waals surface area contributed by atoms with Crippen molar-refractivity contribution >= 4 is 11.7 Å². The highest BCUT2D eigenvalue weighted by Gasteiger charge is 2.33. The Balaban J connectivity index is 2.19. The highest BCUT2D eigenvalue weighted by atomic mass is 16.5. The van der Waals surface area contributed by atoms with Crippen molar-refractivity contribution in [2.45, 2.75) is 39.5 Å². The number of carbonyl (C=O) groups excluding carboxylic acids is 2. The zero-order valence-electron chi connectivity index (χ0n) is 15.6. The fraction of sp³-hybridized carbons (Fsp3) is 0.579. The summed E-state index contributed by atoms with van der Waals surface area (Å²) in [5, 5.41) is 6.45. The van der Waals surface area contributed by atoms with Gasteiger partial charge in [-0.05, 0) is 66.6 Å². The third kappa shape index (κ3) is 4.42. The number of nitrogens with zero attached hydrogens (tertiary/aromatic N) is 3. The number of hydrogen-bond acceptors (Lipinski definition) is 4. The summed E-state index contributed by atoms with van der Waals surface area (Å²) in [7, 11) is 1.46. The van der Waals surface area contributed by atoms with Gasteiger partial charge in [0.2, 0.25) is 0 Å². The Kier molecular flexibility index (Phi) is 7.18. The van der Waals surface area contributed by atoms with Crippen molar-refractivity contribution in [1.29, 1.82) is 0 Å². The molecule has 1 aromatic carbocycles. The molecule has 0 saturated heterocycles. The van der Waals surface area contributed by atoms with Crippen molar-refractivity contribution in [3.05, 3.63) is 39.3 Å². The van der Waals surface area contributed by atoms with E-state index in [-0.39, 0.29) is 17.3 Å². The average Bonchev–Trinajstić information content (AvgIpc) is 2.95. The summed E-state index contributed by atoms with van der Waals surface area (Å²) in [4.78, 5) is 27.3. The molecular formula is C19H26N4O3. The van der Waals surface area contributed by atoms with E-state index in [0.717, 1.165) is 37.9 Å². The smallest absolute Gasteiger partial charge is 0.252 e. The van der Waals surface area contributed by atoms with Crippen molar-refractivity contribution in [3.8, 4) is 5.75 Å². The van der Waals surface area contributed by atoms with Gasteiger partial charge in [0.25, 0.3) is 5.91 Å². The zero-order valence-corrected chi connectivity index (χ0v) is 15.6. The van der Waals surface area contributed by atoms with Crippen LogP contribution in [0.25, 0.3) is 10.4 Å². The summed E-state index contributed by atoms with van der Waals surface area (Å²) in [6.45, 7) is 6.15. The molecule has 140 valence electrons. The highest BCUT2D eigenvalue weighted by Crippen LogP contribution is 2.36. The predicted molar refractivity (Wildman–Crippen MR) is 99.6 cm³/mol. The van der Waals surface area contributed by atoms with Crippen LogP contribution in [-0.4, -0.2) is 31.9 Å². The minimum Gasteiger partial charge on any atom is -0.496 e. The van der Waals surface area contributed by atoms with E-state index in [1.54, 1.807) is 6.07 Å². The lowest BCUT2D eigenvalue weighted by Crippen LogP contribution is -2.20. The fourth-order valence-electron chi connectivity index (χ4n) is 3.59. The molecule has 1 amide bonds. The molecule has 0 heterocycles. The third-order valence-electron chi connectivity index (χ3n) is 5.07.